The molecule has 27 heavy (non-hydrogen) atoms. The van der Waals surface area contributed by atoms with Crippen LogP contribution in [-0.4, -0.2) is 34.7 Å². The Morgan fingerprint density at radius 2 is 1.70 bits per heavy atom. The summed E-state index contributed by atoms with van der Waals surface area (Å²) in [5, 5.41) is 21.8. The lowest BCUT2D eigenvalue weighted by molar-refractivity contribution is -0.137. The number of aliphatic hydroxyl groups is 2. The molecule has 0 radical (unpaired) electrons. The number of nitrogens with zero attached hydrogens (tertiary/aromatic N) is 1. The Balaban J connectivity index is 1.63. The van der Waals surface area contributed by atoms with Crippen LogP contribution in [0.1, 0.15) is 35.6 Å². The van der Waals surface area contributed by atoms with Gasteiger partial charge in [0.15, 0.2) is 0 Å². The predicted octanol–water partition coefficient (Wildman–Crippen LogP) is 4.38. The molecule has 0 saturated carbocycles. The summed E-state index contributed by atoms with van der Waals surface area (Å²) in [6.07, 6.45) is -4.51. The molecule has 2 aromatic carbocycles. The summed E-state index contributed by atoms with van der Waals surface area (Å²) in [4.78, 5) is 2.00. The number of β-amino-alcohol motifs (C(OH)–C–C–N with tert-alkyl or cyclic N) is 1. The molecule has 1 aliphatic rings. The molecule has 146 valence electrons. The Kier molecular flexibility index (Phi) is 5.82. The molecule has 0 spiro atoms. The third-order valence-corrected chi connectivity index (χ3v) is 5.35. The molecule has 2 aromatic rings. The molecule has 3 nitrogen and oxygen atoms in total. The van der Waals surface area contributed by atoms with Crippen LogP contribution < -0.4 is 0 Å². The van der Waals surface area contributed by atoms with E-state index in [1.807, 2.05) is 4.90 Å². The van der Waals surface area contributed by atoms with Crippen LogP contribution in [-0.2, 0) is 11.8 Å². The number of alkyl halides is 3. The van der Waals surface area contributed by atoms with Gasteiger partial charge in [0.1, 0.15) is 0 Å². The average molecular weight is 400 g/mol. The minimum absolute atomic E-state index is 0.287. The predicted molar refractivity (Wildman–Crippen MR) is 97.4 cm³/mol. The van der Waals surface area contributed by atoms with E-state index in [2.05, 4.69) is 0 Å². The van der Waals surface area contributed by atoms with Gasteiger partial charge in [0.05, 0.1) is 17.3 Å². The fraction of sp³-hybridized carbons (Fsp3) is 0.400. The Labute approximate surface area is 161 Å². The summed E-state index contributed by atoms with van der Waals surface area (Å²) < 4.78 is 38.8. The SMILES string of the molecule is O[C@@H](CN1CCC(O)(c2cccc(C(F)(F)F)c2)CC1)c1ccc(Cl)cc1. The highest BCUT2D eigenvalue weighted by Crippen LogP contribution is 2.37. The van der Waals surface area contributed by atoms with E-state index in [1.165, 1.54) is 12.1 Å². The second kappa shape index (κ2) is 7.80. The van der Waals surface area contributed by atoms with Crippen molar-refractivity contribution in [2.75, 3.05) is 19.6 Å². The summed E-state index contributed by atoms with van der Waals surface area (Å²) in [7, 11) is 0. The van der Waals surface area contributed by atoms with Crippen LogP contribution in [0.4, 0.5) is 13.2 Å². The summed E-state index contributed by atoms with van der Waals surface area (Å²) >= 11 is 5.85. The van der Waals surface area contributed by atoms with Crippen molar-refractivity contribution in [2.45, 2.75) is 30.7 Å². The van der Waals surface area contributed by atoms with E-state index in [0.717, 1.165) is 17.7 Å². The van der Waals surface area contributed by atoms with Gasteiger partial charge in [-0.2, -0.15) is 13.2 Å². The Morgan fingerprint density at radius 3 is 2.30 bits per heavy atom. The first-order valence-electron chi connectivity index (χ1n) is 8.73. The molecule has 0 bridgehead atoms. The van der Waals surface area contributed by atoms with Gasteiger partial charge in [0.25, 0.3) is 0 Å². The Morgan fingerprint density at radius 1 is 1.07 bits per heavy atom. The van der Waals surface area contributed by atoms with Crippen LogP contribution in [0.3, 0.4) is 0 Å². The molecule has 1 heterocycles. The molecule has 1 aliphatic heterocycles. The van der Waals surface area contributed by atoms with Crippen LogP contribution in [0.2, 0.25) is 5.02 Å². The molecule has 0 aromatic heterocycles. The van der Waals surface area contributed by atoms with Gasteiger partial charge in [-0.3, -0.25) is 0 Å². The van der Waals surface area contributed by atoms with Crippen molar-refractivity contribution < 1.29 is 23.4 Å². The smallest absolute Gasteiger partial charge is 0.387 e. The van der Waals surface area contributed by atoms with Gasteiger partial charge >= 0.3 is 6.18 Å². The summed E-state index contributed by atoms with van der Waals surface area (Å²) in [6, 6.07) is 11.8. The number of hydrogen-bond donors (Lipinski definition) is 2. The first-order chi connectivity index (χ1) is 12.7. The number of benzene rings is 2. The number of likely N-dealkylation sites (tertiary alicyclic amines) is 1. The van der Waals surface area contributed by atoms with Gasteiger partial charge in [-0.05, 0) is 48.2 Å². The topological polar surface area (TPSA) is 43.7 Å². The molecular weight excluding hydrogens is 379 g/mol. The fourth-order valence-electron chi connectivity index (χ4n) is 3.41. The van der Waals surface area contributed by atoms with E-state index in [9.17, 15) is 23.4 Å². The van der Waals surface area contributed by atoms with E-state index < -0.39 is 23.4 Å². The standard InChI is InChI=1S/C20H21ClF3NO2/c21-17-6-4-14(5-7-17)18(26)13-25-10-8-19(27,9-11-25)15-2-1-3-16(12-15)20(22,23)24/h1-7,12,18,26-27H,8-11,13H2/t18-/m0/s1. The maximum absolute atomic E-state index is 12.9. The lowest BCUT2D eigenvalue weighted by atomic mass is 9.83. The third-order valence-electron chi connectivity index (χ3n) is 5.10. The maximum atomic E-state index is 12.9. The van der Waals surface area contributed by atoms with E-state index in [1.54, 1.807) is 24.3 Å². The van der Waals surface area contributed by atoms with Gasteiger partial charge in [0.2, 0.25) is 0 Å². The van der Waals surface area contributed by atoms with Gasteiger partial charge in [-0.1, -0.05) is 35.9 Å². The number of aliphatic hydroxyl groups excluding tert-OH is 1. The molecule has 0 aliphatic carbocycles. The second-order valence-corrected chi connectivity index (χ2v) is 7.41. The van der Waals surface area contributed by atoms with Gasteiger partial charge < -0.3 is 15.1 Å². The summed E-state index contributed by atoms with van der Waals surface area (Å²) in [6.45, 7) is 1.36. The van der Waals surface area contributed by atoms with Crippen molar-refractivity contribution in [3.8, 4) is 0 Å². The lowest BCUT2D eigenvalue weighted by Crippen LogP contribution is -2.44. The van der Waals surface area contributed by atoms with Crippen molar-refractivity contribution in [2.24, 2.45) is 0 Å². The zero-order chi connectivity index (χ0) is 19.7. The monoisotopic (exact) mass is 399 g/mol. The highest BCUT2D eigenvalue weighted by molar-refractivity contribution is 6.30. The van der Waals surface area contributed by atoms with Gasteiger partial charge in [-0.15, -0.1) is 0 Å². The van der Waals surface area contributed by atoms with Crippen molar-refractivity contribution in [3.63, 3.8) is 0 Å². The molecular formula is C20H21ClF3NO2. The first-order valence-corrected chi connectivity index (χ1v) is 9.11. The minimum atomic E-state index is -4.43. The highest BCUT2D eigenvalue weighted by atomic mass is 35.5. The Hall–Kier alpha value is -1.60. The zero-order valence-corrected chi connectivity index (χ0v) is 15.3. The van der Waals surface area contributed by atoms with Crippen LogP contribution >= 0.6 is 11.6 Å². The molecule has 1 atom stereocenters. The minimum Gasteiger partial charge on any atom is -0.387 e. The number of hydrogen-bond acceptors (Lipinski definition) is 3. The first kappa shape index (κ1) is 20.1. The molecule has 1 fully saturated rings. The number of piperidine rings is 1. The highest BCUT2D eigenvalue weighted by Gasteiger charge is 2.37. The van der Waals surface area contributed by atoms with Crippen molar-refractivity contribution in [1.29, 1.82) is 0 Å². The van der Waals surface area contributed by atoms with Crippen LogP contribution in [0, 0.1) is 0 Å². The largest absolute Gasteiger partial charge is 0.416 e. The molecule has 0 unspecified atom stereocenters. The third kappa shape index (κ3) is 4.82. The van der Waals surface area contributed by atoms with Crippen molar-refractivity contribution in [1.82, 2.24) is 4.90 Å². The molecule has 1 saturated heterocycles. The molecule has 2 N–H and O–H groups in total. The van der Waals surface area contributed by atoms with Crippen molar-refractivity contribution in [3.05, 3.63) is 70.2 Å². The Bertz CT molecular complexity index is 772. The number of halogens is 4. The molecule has 7 heteroatoms. The summed E-state index contributed by atoms with van der Waals surface area (Å²) in [5.41, 5.74) is -1.01. The van der Waals surface area contributed by atoms with E-state index in [4.69, 9.17) is 11.6 Å². The van der Waals surface area contributed by atoms with E-state index >= 15 is 0 Å². The molecule has 3 rings (SSSR count). The second-order valence-electron chi connectivity index (χ2n) is 6.98. The van der Waals surface area contributed by atoms with E-state index in [0.29, 0.717) is 37.5 Å². The quantitative estimate of drug-likeness (QED) is 0.802. The fourth-order valence-corrected chi connectivity index (χ4v) is 3.54. The maximum Gasteiger partial charge on any atom is 0.416 e. The van der Waals surface area contributed by atoms with Crippen LogP contribution in [0.25, 0.3) is 0 Å². The van der Waals surface area contributed by atoms with Gasteiger partial charge in [0, 0.05) is 24.7 Å². The molecule has 0 amide bonds. The van der Waals surface area contributed by atoms with Crippen molar-refractivity contribution >= 4 is 11.6 Å². The van der Waals surface area contributed by atoms with Crippen LogP contribution in [0.5, 0.6) is 0 Å². The normalized spacial score (nSPS) is 19.0. The average Bonchev–Trinajstić information content (AvgIpc) is 2.64. The van der Waals surface area contributed by atoms with E-state index in [-0.39, 0.29) is 5.56 Å². The summed E-state index contributed by atoms with van der Waals surface area (Å²) in [5.74, 6) is 0. The van der Waals surface area contributed by atoms with Crippen LogP contribution in [0.15, 0.2) is 48.5 Å². The zero-order valence-electron chi connectivity index (χ0n) is 14.6. The lowest BCUT2D eigenvalue weighted by Gasteiger charge is -2.39. The van der Waals surface area contributed by atoms with Gasteiger partial charge in [-0.25, -0.2) is 0 Å². The number of rotatable bonds is 4.